The molecule has 0 saturated heterocycles. The smallest absolute Gasteiger partial charge is 0.355 e. The number of hydrogen-bond donors (Lipinski definition) is 1. The van der Waals surface area contributed by atoms with E-state index in [2.05, 4.69) is 10.2 Å². The molecule has 1 aliphatic heterocycles. The van der Waals surface area contributed by atoms with Crippen molar-refractivity contribution in [3.63, 3.8) is 0 Å². The topological polar surface area (TPSA) is 102 Å². The van der Waals surface area contributed by atoms with Crippen LogP contribution in [0.4, 0.5) is 5.69 Å². The molecule has 0 saturated carbocycles. The Balaban J connectivity index is 2.20. The van der Waals surface area contributed by atoms with Gasteiger partial charge in [0, 0.05) is 23.5 Å². The maximum atomic E-state index is 12.6. The van der Waals surface area contributed by atoms with Gasteiger partial charge in [-0.2, -0.15) is 5.10 Å². The second-order valence-corrected chi connectivity index (χ2v) is 6.12. The van der Waals surface area contributed by atoms with Crippen molar-refractivity contribution in [2.45, 2.75) is 6.92 Å². The van der Waals surface area contributed by atoms with E-state index in [1.54, 1.807) is 29.3 Å². The van der Waals surface area contributed by atoms with Crippen LogP contribution in [0.2, 0.25) is 0 Å². The first kappa shape index (κ1) is 19.8. The van der Waals surface area contributed by atoms with Gasteiger partial charge in [-0.15, -0.1) is 0 Å². The van der Waals surface area contributed by atoms with Crippen LogP contribution < -0.4 is 10.5 Å². The van der Waals surface area contributed by atoms with Gasteiger partial charge in [-0.25, -0.2) is 14.7 Å². The van der Waals surface area contributed by atoms with Crippen molar-refractivity contribution in [3.8, 4) is 11.3 Å². The molecule has 0 spiro atoms. The third-order valence-corrected chi connectivity index (χ3v) is 4.33. The van der Waals surface area contributed by atoms with Gasteiger partial charge in [0.2, 0.25) is 0 Å². The number of aromatic nitrogens is 2. The van der Waals surface area contributed by atoms with Gasteiger partial charge < -0.3 is 14.4 Å². The number of hydrogen-bond acceptors (Lipinski definition) is 7. The van der Waals surface area contributed by atoms with E-state index < -0.39 is 11.9 Å². The third kappa shape index (κ3) is 4.01. The molecule has 29 heavy (non-hydrogen) atoms. The summed E-state index contributed by atoms with van der Waals surface area (Å²) in [6, 6.07) is 8.50. The Hall–Kier alpha value is -3.94. The van der Waals surface area contributed by atoms with Crippen LogP contribution in [0.1, 0.15) is 5.56 Å². The number of aryl methyl sites for hydroxylation is 1. The van der Waals surface area contributed by atoms with E-state index in [0.717, 1.165) is 11.1 Å². The third-order valence-electron chi connectivity index (χ3n) is 4.33. The van der Waals surface area contributed by atoms with Gasteiger partial charge in [0.1, 0.15) is 5.70 Å². The number of carbonyl (C=O) groups is 2. The summed E-state index contributed by atoms with van der Waals surface area (Å²) in [5, 5.41) is 6.45. The maximum absolute atomic E-state index is 12.6. The van der Waals surface area contributed by atoms with Gasteiger partial charge in [0.05, 0.1) is 25.5 Å². The quantitative estimate of drug-likeness (QED) is 0.795. The maximum Gasteiger partial charge on any atom is 0.355 e. The number of nitrogens with zero attached hydrogens (tertiary/aromatic N) is 2. The summed E-state index contributed by atoms with van der Waals surface area (Å²) in [5.74, 6) is -1.35. The molecule has 1 aromatic heterocycles. The predicted octanol–water partition coefficient (Wildman–Crippen LogP) is 2.24. The van der Waals surface area contributed by atoms with Crippen LogP contribution in [0.25, 0.3) is 11.3 Å². The van der Waals surface area contributed by atoms with Crippen LogP contribution in [0.3, 0.4) is 0 Å². The molecule has 2 heterocycles. The van der Waals surface area contributed by atoms with Crippen molar-refractivity contribution in [2.75, 3.05) is 19.1 Å². The lowest BCUT2D eigenvalue weighted by molar-refractivity contribution is -0.139. The first-order valence-electron chi connectivity index (χ1n) is 8.68. The summed E-state index contributed by atoms with van der Waals surface area (Å²) in [6.07, 6.45) is 6.49. The predicted molar refractivity (Wildman–Crippen MR) is 107 cm³/mol. The molecule has 0 aliphatic carbocycles. The van der Waals surface area contributed by atoms with E-state index in [-0.39, 0.29) is 16.8 Å². The average molecular weight is 393 g/mol. The van der Waals surface area contributed by atoms with Crippen molar-refractivity contribution in [3.05, 3.63) is 81.9 Å². The number of benzene rings is 1. The Kier molecular flexibility index (Phi) is 5.73. The molecule has 1 aromatic carbocycles. The molecule has 0 fully saturated rings. The molecule has 0 radical (unpaired) electrons. The zero-order valence-electron chi connectivity index (χ0n) is 16.1. The highest BCUT2D eigenvalue weighted by molar-refractivity contribution is 6.05. The number of esters is 2. The van der Waals surface area contributed by atoms with Crippen molar-refractivity contribution in [2.24, 2.45) is 0 Å². The van der Waals surface area contributed by atoms with Gasteiger partial charge in [0.15, 0.2) is 0 Å². The zero-order valence-corrected chi connectivity index (χ0v) is 16.1. The minimum absolute atomic E-state index is 0.0269. The molecular weight excluding hydrogens is 374 g/mol. The SMILES string of the molecule is COC(=O)C1=C(C(=O)OC)N(c2cc(-c3ccc(=O)[nH]n3)ccc2C)C=CC=C1. The summed E-state index contributed by atoms with van der Waals surface area (Å²) >= 11 is 0. The minimum atomic E-state index is -0.687. The standard InChI is InChI=1S/C21H19N3O5/c1-13-7-8-14(16-9-10-18(25)23-22-16)12-17(13)24-11-5-4-6-15(20(26)28-2)19(24)21(27)29-3/h4-12H,1-3H3,(H,23,25). The van der Waals surface area contributed by atoms with Gasteiger partial charge >= 0.3 is 11.9 Å². The number of aromatic amines is 1. The number of ether oxygens (including phenoxy) is 2. The fraction of sp³-hybridized carbons (Fsp3) is 0.143. The number of nitrogens with one attached hydrogen (secondary N) is 1. The fourth-order valence-electron chi connectivity index (χ4n) is 2.88. The largest absolute Gasteiger partial charge is 0.465 e. The number of rotatable bonds is 4. The van der Waals surface area contributed by atoms with Crippen LogP contribution in [0, 0.1) is 6.92 Å². The molecule has 1 N–H and O–H groups in total. The molecule has 2 aromatic rings. The number of allylic oxidation sites excluding steroid dienone is 2. The molecule has 0 unspecified atom stereocenters. The Bertz CT molecular complexity index is 1090. The van der Waals surface area contributed by atoms with Crippen molar-refractivity contribution < 1.29 is 19.1 Å². The van der Waals surface area contributed by atoms with Crippen LogP contribution in [-0.2, 0) is 19.1 Å². The molecule has 0 bridgehead atoms. The number of anilines is 1. The molecule has 148 valence electrons. The van der Waals surface area contributed by atoms with Crippen LogP contribution in [-0.4, -0.2) is 36.4 Å². The Labute approximate surface area is 166 Å². The average Bonchev–Trinajstić information content (AvgIpc) is 2.96. The highest BCUT2D eigenvalue weighted by Crippen LogP contribution is 2.32. The lowest BCUT2D eigenvalue weighted by Crippen LogP contribution is -2.27. The normalized spacial score (nSPS) is 13.3. The van der Waals surface area contributed by atoms with Crippen LogP contribution >= 0.6 is 0 Å². The zero-order chi connectivity index (χ0) is 21.0. The minimum Gasteiger partial charge on any atom is -0.465 e. The lowest BCUT2D eigenvalue weighted by atomic mass is 10.0. The molecule has 8 heteroatoms. The summed E-state index contributed by atoms with van der Waals surface area (Å²) in [7, 11) is 2.49. The van der Waals surface area contributed by atoms with E-state index >= 15 is 0 Å². The fourth-order valence-corrected chi connectivity index (χ4v) is 2.88. The molecule has 1 aliphatic rings. The summed E-state index contributed by atoms with van der Waals surface area (Å²) in [5.41, 5.74) is 2.54. The number of carbonyl (C=O) groups excluding carboxylic acids is 2. The van der Waals surface area contributed by atoms with E-state index in [1.807, 2.05) is 25.1 Å². The second-order valence-electron chi connectivity index (χ2n) is 6.12. The summed E-state index contributed by atoms with van der Waals surface area (Å²) in [6.45, 7) is 1.87. The van der Waals surface area contributed by atoms with Crippen LogP contribution in [0.5, 0.6) is 0 Å². The van der Waals surface area contributed by atoms with E-state index in [0.29, 0.717) is 11.4 Å². The first-order valence-corrected chi connectivity index (χ1v) is 8.68. The second kappa shape index (κ2) is 8.39. The van der Waals surface area contributed by atoms with Crippen LogP contribution in [0.15, 0.2) is 70.8 Å². The van der Waals surface area contributed by atoms with Gasteiger partial charge in [0.25, 0.3) is 5.56 Å². The summed E-state index contributed by atoms with van der Waals surface area (Å²) in [4.78, 5) is 37.8. The van der Waals surface area contributed by atoms with Gasteiger partial charge in [-0.05, 0) is 36.8 Å². The molecule has 0 amide bonds. The number of methoxy groups -OCH3 is 2. The molecule has 3 rings (SSSR count). The van der Waals surface area contributed by atoms with Gasteiger partial charge in [-0.3, -0.25) is 4.79 Å². The van der Waals surface area contributed by atoms with E-state index in [4.69, 9.17) is 9.47 Å². The lowest BCUT2D eigenvalue weighted by Gasteiger charge is -2.25. The molecular formula is C21H19N3O5. The van der Waals surface area contributed by atoms with Crippen molar-refractivity contribution >= 4 is 17.6 Å². The molecule has 0 atom stereocenters. The highest BCUT2D eigenvalue weighted by atomic mass is 16.5. The first-order chi connectivity index (χ1) is 14.0. The van der Waals surface area contributed by atoms with Gasteiger partial charge in [-0.1, -0.05) is 18.2 Å². The monoisotopic (exact) mass is 393 g/mol. The van der Waals surface area contributed by atoms with E-state index in [9.17, 15) is 14.4 Å². The van der Waals surface area contributed by atoms with Crippen molar-refractivity contribution in [1.29, 1.82) is 0 Å². The Morgan fingerprint density at radius 3 is 2.45 bits per heavy atom. The Morgan fingerprint density at radius 2 is 1.79 bits per heavy atom. The summed E-state index contributed by atoms with van der Waals surface area (Å²) < 4.78 is 9.76. The Morgan fingerprint density at radius 1 is 1.03 bits per heavy atom. The molecule has 8 nitrogen and oxygen atoms in total. The highest BCUT2D eigenvalue weighted by Gasteiger charge is 2.28. The van der Waals surface area contributed by atoms with Crippen molar-refractivity contribution in [1.82, 2.24) is 10.2 Å². The number of H-pyrrole nitrogens is 1. The van der Waals surface area contributed by atoms with E-state index in [1.165, 1.54) is 26.4 Å².